The van der Waals surface area contributed by atoms with Crippen molar-refractivity contribution in [1.29, 1.82) is 0 Å². The fourth-order valence-corrected chi connectivity index (χ4v) is 3.23. The van der Waals surface area contributed by atoms with Gasteiger partial charge < -0.3 is 5.84 Å². The molecule has 3 aromatic rings. The van der Waals surface area contributed by atoms with Crippen molar-refractivity contribution >= 4 is 11.8 Å². The molecule has 22 heavy (non-hydrogen) atoms. The Labute approximate surface area is 134 Å². The highest BCUT2D eigenvalue weighted by molar-refractivity contribution is 7.98. The molecule has 1 heterocycles. The first kappa shape index (κ1) is 14.7. The van der Waals surface area contributed by atoms with Crippen LogP contribution in [0.3, 0.4) is 0 Å². The molecule has 5 heteroatoms. The highest BCUT2D eigenvalue weighted by Crippen LogP contribution is 2.26. The summed E-state index contributed by atoms with van der Waals surface area (Å²) in [4.78, 5) is 0. The van der Waals surface area contributed by atoms with Crippen molar-refractivity contribution in [3.63, 3.8) is 0 Å². The summed E-state index contributed by atoms with van der Waals surface area (Å²) in [7, 11) is 0. The van der Waals surface area contributed by atoms with E-state index in [1.165, 1.54) is 11.1 Å². The third-order valence-electron chi connectivity index (χ3n) is 3.67. The first-order valence-corrected chi connectivity index (χ1v) is 8.09. The maximum absolute atomic E-state index is 6.18. The minimum absolute atomic E-state index is 0.699. The van der Waals surface area contributed by atoms with Gasteiger partial charge in [0.25, 0.3) is 0 Å². The minimum atomic E-state index is 0.699. The molecule has 0 atom stereocenters. The van der Waals surface area contributed by atoms with E-state index in [-0.39, 0.29) is 0 Å². The minimum Gasteiger partial charge on any atom is -0.335 e. The van der Waals surface area contributed by atoms with Crippen molar-refractivity contribution in [1.82, 2.24) is 14.9 Å². The molecule has 0 amide bonds. The van der Waals surface area contributed by atoms with Crippen molar-refractivity contribution in [2.24, 2.45) is 0 Å². The number of hydrogen-bond donors (Lipinski definition) is 1. The molecule has 0 aliphatic rings. The number of aryl methyl sites for hydroxylation is 2. The predicted molar refractivity (Wildman–Crippen MR) is 91.1 cm³/mol. The molecule has 0 bridgehead atoms. The van der Waals surface area contributed by atoms with Crippen molar-refractivity contribution in [2.45, 2.75) is 24.8 Å². The Morgan fingerprint density at radius 2 is 1.64 bits per heavy atom. The average molecular weight is 310 g/mol. The molecule has 3 rings (SSSR count). The molecule has 0 saturated heterocycles. The quantitative estimate of drug-likeness (QED) is 0.591. The topological polar surface area (TPSA) is 56.7 Å². The van der Waals surface area contributed by atoms with E-state index < -0.39 is 0 Å². The Bertz CT molecular complexity index is 795. The van der Waals surface area contributed by atoms with Crippen molar-refractivity contribution < 1.29 is 0 Å². The summed E-state index contributed by atoms with van der Waals surface area (Å²) in [6.45, 7) is 4.16. The fraction of sp³-hybridized carbons (Fsp3) is 0.176. The van der Waals surface area contributed by atoms with Crippen LogP contribution in [0.5, 0.6) is 0 Å². The Balaban J connectivity index is 1.83. The van der Waals surface area contributed by atoms with E-state index in [1.54, 1.807) is 16.4 Å². The zero-order valence-corrected chi connectivity index (χ0v) is 13.5. The highest BCUT2D eigenvalue weighted by Gasteiger charge is 2.13. The number of nitrogens with two attached hydrogens (primary N) is 1. The van der Waals surface area contributed by atoms with Crippen LogP contribution < -0.4 is 5.84 Å². The van der Waals surface area contributed by atoms with Gasteiger partial charge in [-0.3, -0.25) is 0 Å². The maximum atomic E-state index is 6.18. The van der Waals surface area contributed by atoms with Crippen LogP contribution in [0, 0.1) is 13.8 Å². The van der Waals surface area contributed by atoms with Crippen LogP contribution in [0.1, 0.15) is 16.7 Å². The Morgan fingerprint density at radius 1 is 0.955 bits per heavy atom. The lowest BCUT2D eigenvalue weighted by Crippen LogP contribution is -2.12. The smallest absolute Gasteiger partial charge is 0.210 e. The summed E-state index contributed by atoms with van der Waals surface area (Å²) in [5.41, 5.74) is 4.71. The van der Waals surface area contributed by atoms with Gasteiger partial charge in [-0.05, 0) is 30.5 Å². The highest BCUT2D eigenvalue weighted by atomic mass is 32.2. The summed E-state index contributed by atoms with van der Waals surface area (Å²) in [6, 6.07) is 16.4. The van der Waals surface area contributed by atoms with Crippen LogP contribution in [0.15, 0.2) is 53.7 Å². The fourth-order valence-electron chi connectivity index (χ4n) is 2.30. The molecule has 0 aliphatic heterocycles. The van der Waals surface area contributed by atoms with E-state index in [0.29, 0.717) is 5.82 Å². The average Bonchev–Trinajstić information content (AvgIpc) is 2.88. The largest absolute Gasteiger partial charge is 0.335 e. The second-order valence-corrected chi connectivity index (χ2v) is 6.15. The SMILES string of the molecule is Cc1ccccc1CSc1nnc(-c2ccccc2C)n1N. The van der Waals surface area contributed by atoms with Crippen LogP contribution in [0.4, 0.5) is 0 Å². The molecule has 0 fully saturated rings. The lowest BCUT2D eigenvalue weighted by molar-refractivity contribution is 0.849. The lowest BCUT2D eigenvalue weighted by Gasteiger charge is -2.07. The third-order valence-corrected chi connectivity index (χ3v) is 4.66. The molecular formula is C17H18N4S. The van der Waals surface area contributed by atoms with Gasteiger partial charge in [-0.1, -0.05) is 60.3 Å². The van der Waals surface area contributed by atoms with E-state index >= 15 is 0 Å². The van der Waals surface area contributed by atoms with Crippen LogP contribution in [-0.4, -0.2) is 14.9 Å². The normalized spacial score (nSPS) is 10.8. The number of benzene rings is 2. The van der Waals surface area contributed by atoms with Crippen molar-refractivity contribution in [2.75, 3.05) is 5.84 Å². The molecule has 2 aromatic carbocycles. The Kier molecular flexibility index (Phi) is 4.15. The standard InChI is InChI=1S/C17H18N4S/c1-12-7-3-5-9-14(12)11-22-17-20-19-16(21(17)18)15-10-6-4-8-13(15)2/h3-10H,11,18H2,1-2H3. The second-order valence-electron chi connectivity index (χ2n) is 5.21. The second kappa shape index (κ2) is 6.23. The maximum Gasteiger partial charge on any atom is 0.210 e. The molecule has 4 nitrogen and oxygen atoms in total. The van der Waals surface area contributed by atoms with E-state index in [4.69, 9.17) is 5.84 Å². The van der Waals surface area contributed by atoms with Crippen molar-refractivity contribution in [3.05, 3.63) is 65.2 Å². The van der Waals surface area contributed by atoms with Gasteiger partial charge in [-0.15, -0.1) is 10.2 Å². The van der Waals surface area contributed by atoms with Gasteiger partial charge in [0.05, 0.1) is 0 Å². The van der Waals surface area contributed by atoms with Crippen molar-refractivity contribution in [3.8, 4) is 11.4 Å². The molecule has 0 radical (unpaired) electrons. The first-order valence-electron chi connectivity index (χ1n) is 7.10. The summed E-state index contributed by atoms with van der Waals surface area (Å²) < 4.78 is 1.57. The number of nitrogens with zero attached hydrogens (tertiary/aromatic N) is 3. The molecule has 2 N–H and O–H groups in total. The van der Waals surface area contributed by atoms with Gasteiger partial charge in [0.15, 0.2) is 5.82 Å². The van der Waals surface area contributed by atoms with Crippen LogP contribution in [-0.2, 0) is 5.75 Å². The Hall–Kier alpha value is -2.27. The zero-order valence-electron chi connectivity index (χ0n) is 12.7. The molecule has 0 spiro atoms. The van der Waals surface area contributed by atoms with Gasteiger partial charge >= 0.3 is 0 Å². The monoisotopic (exact) mass is 310 g/mol. The van der Waals surface area contributed by atoms with Crippen LogP contribution in [0.25, 0.3) is 11.4 Å². The van der Waals surface area contributed by atoms with Gasteiger partial charge in [0.1, 0.15) is 0 Å². The molecule has 112 valence electrons. The van der Waals surface area contributed by atoms with E-state index in [1.807, 2.05) is 37.3 Å². The molecular weight excluding hydrogens is 292 g/mol. The number of nitrogen functional groups attached to an aromatic ring is 1. The Morgan fingerprint density at radius 3 is 2.36 bits per heavy atom. The molecule has 0 aliphatic carbocycles. The van der Waals surface area contributed by atoms with E-state index in [0.717, 1.165) is 22.0 Å². The lowest BCUT2D eigenvalue weighted by atomic mass is 10.1. The molecule has 0 saturated carbocycles. The summed E-state index contributed by atoms with van der Waals surface area (Å²) in [5.74, 6) is 7.71. The number of aromatic nitrogens is 3. The van der Waals surface area contributed by atoms with Crippen LogP contribution >= 0.6 is 11.8 Å². The predicted octanol–water partition coefficient (Wildman–Crippen LogP) is 3.57. The number of rotatable bonds is 4. The van der Waals surface area contributed by atoms with Gasteiger partial charge in [-0.2, -0.15) is 0 Å². The zero-order chi connectivity index (χ0) is 15.5. The molecule has 1 aromatic heterocycles. The summed E-state index contributed by atoms with van der Waals surface area (Å²) in [6.07, 6.45) is 0. The number of hydrogen-bond acceptors (Lipinski definition) is 4. The first-order chi connectivity index (χ1) is 10.7. The van der Waals surface area contributed by atoms with Gasteiger partial charge in [0.2, 0.25) is 5.16 Å². The third kappa shape index (κ3) is 2.85. The molecule has 0 unspecified atom stereocenters. The summed E-state index contributed by atoms with van der Waals surface area (Å²) in [5, 5.41) is 9.20. The van der Waals surface area contributed by atoms with Gasteiger partial charge in [-0.25, -0.2) is 4.68 Å². The van der Waals surface area contributed by atoms with E-state index in [9.17, 15) is 0 Å². The number of thioether (sulfide) groups is 1. The summed E-state index contributed by atoms with van der Waals surface area (Å²) >= 11 is 1.60. The van der Waals surface area contributed by atoms with Crippen LogP contribution in [0.2, 0.25) is 0 Å². The van der Waals surface area contributed by atoms with Gasteiger partial charge in [0, 0.05) is 11.3 Å². The van der Waals surface area contributed by atoms with E-state index in [2.05, 4.69) is 35.3 Å².